The molecule has 2 aromatic rings. The van der Waals surface area contributed by atoms with Gasteiger partial charge >= 0.3 is 0 Å². The molecule has 0 aliphatic heterocycles. The van der Waals surface area contributed by atoms with E-state index in [9.17, 15) is 0 Å². The molecule has 1 heterocycles. The fraction of sp³-hybridized carbons (Fsp3) is 0.182. The molecule has 0 unspecified atom stereocenters. The lowest BCUT2D eigenvalue weighted by molar-refractivity contribution is 0.895. The fourth-order valence-electron chi connectivity index (χ4n) is 1.40. The molecule has 3 nitrogen and oxygen atoms in total. The van der Waals surface area contributed by atoms with Crippen LogP contribution >= 0.6 is 11.6 Å². The number of H-pyrrole nitrogens is 1. The molecule has 0 atom stereocenters. The van der Waals surface area contributed by atoms with Gasteiger partial charge in [0.1, 0.15) is 5.82 Å². The van der Waals surface area contributed by atoms with Gasteiger partial charge in [-0.25, -0.2) is 4.98 Å². The third kappa shape index (κ3) is 2.37. The molecule has 4 heteroatoms. The van der Waals surface area contributed by atoms with Gasteiger partial charge < -0.3 is 10.7 Å². The van der Waals surface area contributed by atoms with Gasteiger partial charge in [0, 0.05) is 11.4 Å². The van der Waals surface area contributed by atoms with Crippen molar-refractivity contribution in [2.45, 2.75) is 6.42 Å². The number of nitrogens with one attached hydrogen (secondary N) is 1. The van der Waals surface area contributed by atoms with Crippen molar-refractivity contribution in [1.82, 2.24) is 9.97 Å². The summed E-state index contributed by atoms with van der Waals surface area (Å²) in [6.07, 6.45) is 2.59. The summed E-state index contributed by atoms with van der Waals surface area (Å²) in [5, 5.41) is 0.737. The molecule has 0 bridgehead atoms. The maximum atomic E-state index is 5.81. The van der Waals surface area contributed by atoms with E-state index in [0.717, 1.165) is 28.5 Å². The Balaban J connectivity index is 2.25. The van der Waals surface area contributed by atoms with E-state index in [1.54, 1.807) is 0 Å². The third-order valence-corrected chi connectivity index (χ3v) is 2.42. The Bertz CT molecular complexity index is 433. The number of rotatable bonds is 3. The van der Waals surface area contributed by atoms with Crippen LogP contribution in [0.25, 0.3) is 11.3 Å². The van der Waals surface area contributed by atoms with Crippen LogP contribution in [-0.4, -0.2) is 16.5 Å². The molecule has 0 aliphatic rings. The second-order valence-corrected chi connectivity index (χ2v) is 3.73. The summed E-state index contributed by atoms with van der Waals surface area (Å²) in [6, 6.07) is 7.64. The van der Waals surface area contributed by atoms with E-state index in [1.165, 1.54) is 0 Å². The Labute approximate surface area is 93.3 Å². The Morgan fingerprint density at radius 1 is 1.27 bits per heavy atom. The van der Waals surface area contributed by atoms with Crippen LogP contribution < -0.4 is 5.73 Å². The first-order valence-electron chi connectivity index (χ1n) is 4.79. The zero-order valence-corrected chi connectivity index (χ0v) is 8.96. The number of hydrogen-bond donors (Lipinski definition) is 2. The number of halogens is 1. The molecule has 0 fully saturated rings. The smallest absolute Gasteiger partial charge is 0.107 e. The second kappa shape index (κ2) is 4.47. The van der Waals surface area contributed by atoms with Crippen LogP contribution in [0, 0.1) is 0 Å². The van der Waals surface area contributed by atoms with Crippen LogP contribution in [0.15, 0.2) is 30.5 Å². The van der Waals surface area contributed by atoms with E-state index in [4.69, 9.17) is 17.3 Å². The largest absolute Gasteiger partial charge is 0.342 e. The summed E-state index contributed by atoms with van der Waals surface area (Å²) in [4.78, 5) is 7.45. The number of hydrogen-bond acceptors (Lipinski definition) is 2. The molecule has 1 aromatic carbocycles. The summed E-state index contributed by atoms with van der Waals surface area (Å²) < 4.78 is 0. The zero-order valence-electron chi connectivity index (χ0n) is 8.20. The highest BCUT2D eigenvalue weighted by atomic mass is 35.5. The van der Waals surface area contributed by atoms with Gasteiger partial charge in [-0.1, -0.05) is 23.7 Å². The molecule has 2 rings (SSSR count). The van der Waals surface area contributed by atoms with Crippen molar-refractivity contribution in [2.75, 3.05) is 6.54 Å². The first kappa shape index (κ1) is 10.2. The van der Waals surface area contributed by atoms with E-state index in [0.29, 0.717) is 6.54 Å². The van der Waals surface area contributed by atoms with Crippen LogP contribution in [0.1, 0.15) is 5.82 Å². The van der Waals surface area contributed by atoms with Gasteiger partial charge in [-0.05, 0) is 24.2 Å². The molecule has 78 valence electrons. The predicted molar refractivity (Wildman–Crippen MR) is 61.8 cm³/mol. The van der Waals surface area contributed by atoms with Crippen LogP contribution in [0.4, 0.5) is 0 Å². The van der Waals surface area contributed by atoms with Gasteiger partial charge in [0.2, 0.25) is 0 Å². The number of aromatic amines is 1. The minimum absolute atomic E-state index is 0.605. The summed E-state index contributed by atoms with van der Waals surface area (Å²) >= 11 is 5.81. The Morgan fingerprint density at radius 3 is 2.67 bits per heavy atom. The number of benzene rings is 1. The van der Waals surface area contributed by atoms with Gasteiger partial charge in [-0.15, -0.1) is 0 Å². The van der Waals surface area contributed by atoms with E-state index in [-0.39, 0.29) is 0 Å². The summed E-state index contributed by atoms with van der Waals surface area (Å²) in [5.74, 6) is 0.919. The van der Waals surface area contributed by atoms with Crippen LogP contribution in [0.2, 0.25) is 5.02 Å². The fourth-order valence-corrected chi connectivity index (χ4v) is 1.53. The van der Waals surface area contributed by atoms with E-state index >= 15 is 0 Å². The average molecular weight is 222 g/mol. The first-order chi connectivity index (χ1) is 7.29. The quantitative estimate of drug-likeness (QED) is 0.835. The van der Waals surface area contributed by atoms with Crippen molar-refractivity contribution in [1.29, 1.82) is 0 Å². The van der Waals surface area contributed by atoms with E-state index in [2.05, 4.69) is 9.97 Å². The van der Waals surface area contributed by atoms with Gasteiger partial charge in [0.15, 0.2) is 0 Å². The number of nitrogens with zero attached hydrogens (tertiary/aromatic N) is 1. The molecule has 0 radical (unpaired) electrons. The van der Waals surface area contributed by atoms with Gasteiger partial charge in [-0.2, -0.15) is 0 Å². The van der Waals surface area contributed by atoms with Crippen molar-refractivity contribution in [2.24, 2.45) is 5.73 Å². The topological polar surface area (TPSA) is 54.7 Å². The first-order valence-corrected chi connectivity index (χ1v) is 5.17. The Morgan fingerprint density at radius 2 is 2.00 bits per heavy atom. The van der Waals surface area contributed by atoms with Crippen molar-refractivity contribution in [3.05, 3.63) is 41.3 Å². The molecule has 1 aromatic heterocycles. The van der Waals surface area contributed by atoms with E-state index in [1.807, 2.05) is 30.5 Å². The predicted octanol–water partition coefficient (Wildman–Crippen LogP) is 2.23. The number of nitrogens with two attached hydrogens (primary N) is 1. The maximum Gasteiger partial charge on any atom is 0.107 e. The normalized spacial score (nSPS) is 10.5. The van der Waals surface area contributed by atoms with Gasteiger partial charge in [0.25, 0.3) is 0 Å². The molecule has 15 heavy (non-hydrogen) atoms. The second-order valence-electron chi connectivity index (χ2n) is 3.29. The third-order valence-electron chi connectivity index (χ3n) is 2.16. The Hall–Kier alpha value is -1.32. The molecule has 0 aliphatic carbocycles. The highest BCUT2D eigenvalue weighted by Gasteiger charge is 2.02. The Kier molecular flexibility index (Phi) is 3.04. The molecule has 0 saturated heterocycles. The zero-order chi connectivity index (χ0) is 10.7. The van der Waals surface area contributed by atoms with Gasteiger partial charge in [-0.3, -0.25) is 0 Å². The van der Waals surface area contributed by atoms with Crippen molar-refractivity contribution in [3.63, 3.8) is 0 Å². The SMILES string of the molecule is NCCc1ncc(-c2ccc(Cl)cc2)[nH]1. The van der Waals surface area contributed by atoms with E-state index < -0.39 is 0 Å². The minimum Gasteiger partial charge on any atom is -0.342 e. The summed E-state index contributed by atoms with van der Waals surface area (Å²) in [6.45, 7) is 0.605. The number of aromatic nitrogens is 2. The van der Waals surface area contributed by atoms with Crippen molar-refractivity contribution in [3.8, 4) is 11.3 Å². The molecule has 0 saturated carbocycles. The van der Waals surface area contributed by atoms with Crippen LogP contribution in [-0.2, 0) is 6.42 Å². The monoisotopic (exact) mass is 221 g/mol. The highest BCUT2D eigenvalue weighted by Crippen LogP contribution is 2.19. The van der Waals surface area contributed by atoms with Crippen molar-refractivity contribution < 1.29 is 0 Å². The van der Waals surface area contributed by atoms with Gasteiger partial charge in [0.05, 0.1) is 11.9 Å². The standard InChI is InChI=1S/C11H12ClN3/c12-9-3-1-8(2-4-9)10-7-14-11(15-10)5-6-13/h1-4,7H,5-6,13H2,(H,14,15). The maximum absolute atomic E-state index is 5.81. The lowest BCUT2D eigenvalue weighted by Gasteiger charge is -1.97. The molecule has 0 amide bonds. The number of imidazole rings is 1. The van der Waals surface area contributed by atoms with Crippen LogP contribution in [0.5, 0.6) is 0 Å². The van der Waals surface area contributed by atoms with Crippen LogP contribution in [0.3, 0.4) is 0 Å². The summed E-state index contributed by atoms with van der Waals surface area (Å²) in [7, 11) is 0. The highest BCUT2D eigenvalue weighted by molar-refractivity contribution is 6.30. The minimum atomic E-state index is 0.605. The summed E-state index contributed by atoms with van der Waals surface area (Å²) in [5.41, 5.74) is 7.53. The molecular formula is C11H12ClN3. The lowest BCUT2D eigenvalue weighted by atomic mass is 10.2. The molecule has 0 spiro atoms. The molecular weight excluding hydrogens is 210 g/mol. The average Bonchev–Trinajstić information content (AvgIpc) is 2.68. The molecule has 3 N–H and O–H groups in total. The lowest BCUT2D eigenvalue weighted by Crippen LogP contribution is -2.03. The van der Waals surface area contributed by atoms with Crippen molar-refractivity contribution >= 4 is 11.6 Å².